The van der Waals surface area contributed by atoms with Gasteiger partial charge < -0.3 is 15.4 Å². The van der Waals surface area contributed by atoms with Gasteiger partial charge in [0.1, 0.15) is 5.69 Å². The second-order valence-electron chi connectivity index (χ2n) is 4.15. The van der Waals surface area contributed by atoms with Crippen molar-refractivity contribution < 1.29 is 9.90 Å². The van der Waals surface area contributed by atoms with Gasteiger partial charge in [0.2, 0.25) is 0 Å². The normalized spacial score (nSPS) is 12.3. The van der Waals surface area contributed by atoms with Crippen molar-refractivity contribution >= 4 is 16.8 Å². The zero-order valence-corrected chi connectivity index (χ0v) is 9.93. The van der Waals surface area contributed by atoms with Gasteiger partial charge in [-0.2, -0.15) is 0 Å². The average Bonchev–Trinajstić information content (AvgIpc) is 2.36. The van der Waals surface area contributed by atoms with E-state index in [0.717, 1.165) is 0 Å². The summed E-state index contributed by atoms with van der Waals surface area (Å²) in [7, 11) is 0. The third-order valence-electron chi connectivity index (χ3n) is 2.54. The number of benzene rings is 1. The highest BCUT2D eigenvalue weighted by Gasteiger charge is 2.09. The number of aromatic nitrogens is 1. The largest absolute Gasteiger partial charge is 0.392 e. The molecule has 0 fully saturated rings. The summed E-state index contributed by atoms with van der Waals surface area (Å²) >= 11 is 0. The highest BCUT2D eigenvalue weighted by molar-refractivity contribution is 5.94. The maximum absolute atomic E-state index is 11.8. The van der Waals surface area contributed by atoms with E-state index in [0.29, 0.717) is 10.9 Å². The van der Waals surface area contributed by atoms with E-state index >= 15 is 0 Å². The molecular formula is C13H14N2O3. The molecule has 94 valence electrons. The summed E-state index contributed by atoms with van der Waals surface area (Å²) in [6, 6.07) is 8.26. The number of nitrogens with one attached hydrogen (secondary N) is 2. The van der Waals surface area contributed by atoms with Crippen molar-refractivity contribution in [3.8, 4) is 0 Å². The topological polar surface area (TPSA) is 82.2 Å². The monoisotopic (exact) mass is 246 g/mol. The van der Waals surface area contributed by atoms with E-state index in [2.05, 4.69) is 10.3 Å². The lowest BCUT2D eigenvalue weighted by Crippen LogP contribution is -2.31. The number of H-pyrrole nitrogens is 1. The first-order chi connectivity index (χ1) is 8.58. The molecular weight excluding hydrogens is 232 g/mol. The molecule has 0 aliphatic carbocycles. The predicted molar refractivity (Wildman–Crippen MR) is 68.6 cm³/mol. The molecule has 5 nitrogen and oxygen atoms in total. The molecule has 2 rings (SSSR count). The minimum absolute atomic E-state index is 0.147. The Labute approximate surface area is 103 Å². The zero-order chi connectivity index (χ0) is 13.1. The number of hydrogen-bond donors (Lipinski definition) is 3. The molecule has 0 saturated carbocycles. The van der Waals surface area contributed by atoms with E-state index in [-0.39, 0.29) is 17.7 Å². The Morgan fingerprint density at radius 2 is 2.17 bits per heavy atom. The van der Waals surface area contributed by atoms with Gasteiger partial charge in [0.05, 0.1) is 6.10 Å². The van der Waals surface area contributed by atoms with Crippen LogP contribution in [0.1, 0.15) is 17.4 Å². The van der Waals surface area contributed by atoms with Crippen molar-refractivity contribution in [2.24, 2.45) is 0 Å². The number of rotatable bonds is 3. The SMILES string of the molecule is C[C@H](O)CNC(=O)c1cc(=O)c2ccccc2[nH]1. The minimum atomic E-state index is -0.624. The molecule has 1 amide bonds. The number of hydrogen-bond acceptors (Lipinski definition) is 3. The highest BCUT2D eigenvalue weighted by Crippen LogP contribution is 2.07. The lowest BCUT2D eigenvalue weighted by Gasteiger charge is -2.07. The average molecular weight is 246 g/mol. The Balaban J connectivity index is 2.35. The lowest BCUT2D eigenvalue weighted by atomic mass is 10.2. The standard InChI is InChI=1S/C13H14N2O3/c1-8(16)7-14-13(18)11-6-12(17)9-4-2-3-5-10(9)15-11/h2-6,8,16H,7H2,1H3,(H,14,18)(H,15,17)/t8-/m0/s1. The zero-order valence-electron chi connectivity index (χ0n) is 9.93. The molecule has 0 radical (unpaired) electrons. The van der Waals surface area contributed by atoms with Crippen LogP contribution in [-0.4, -0.2) is 28.6 Å². The Morgan fingerprint density at radius 1 is 1.44 bits per heavy atom. The maximum atomic E-state index is 11.8. The van der Waals surface area contributed by atoms with Gasteiger partial charge in [-0.3, -0.25) is 9.59 Å². The van der Waals surface area contributed by atoms with Crippen molar-refractivity contribution in [2.45, 2.75) is 13.0 Å². The van der Waals surface area contributed by atoms with Crippen molar-refractivity contribution in [3.05, 3.63) is 46.2 Å². The van der Waals surface area contributed by atoms with Crippen LogP contribution in [0.2, 0.25) is 0 Å². The summed E-state index contributed by atoms with van der Waals surface area (Å²) < 4.78 is 0. The van der Waals surface area contributed by atoms with E-state index in [4.69, 9.17) is 5.11 Å². The predicted octanol–water partition coefficient (Wildman–Crippen LogP) is 0.639. The van der Waals surface area contributed by atoms with Crippen LogP contribution in [-0.2, 0) is 0 Å². The molecule has 0 aliphatic rings. The number of aliphatic hydroxyl groups is 1. The Morgan fingerprint density at radius 3 is 2.89 bits per heavy atom. The van der Waals surface area contributed by atoms with Crippen LogP contribution >= 0.6 is 0 Å². The summed E-state index contributed by atoms with van der Waals surface area (Å²) in [5, 5.41) is 12.2. The second kappa shape index (κ2) is 5.01. The summed E-state index contributed by atoms with van der Waals surface area (Å²) in [5.41, 5.74) is 0.609. The van der Waals surface area contributed by atoms with Crippen LogP contribution in [0.5, 0.6) is 0 Å². The molecule has 0 spiro atoms. The first kappa shape index (κ1) is 12.3. The van der Waals surface area contributed by atoms with Crippen LogP contribution in [0.3, 0.4) is 0 Å². The van der Waals surface area contributed by atoms with Crippen LogP contribution in [0.15, 0.2) is 35.1 Å². The van der Waals surface area contributed by atoms with Gasteiger partial charge in [-0.05, 0) is 19.1 Å². The van der Waals surface area contributed by atoms with E-state index in [1.165, 1.54) is 6.07 Å². The van der Waals surface area contributed by atoms with E-state index in [9.17, 15) is 9.59 Å². The summed E-state index contributed by atoms with van der Waals surface area (Å²) in [5.74, 6) is -0.404. The van der Waals surface area contributed by atoms with E-state index < -0.39 is 12.0 Å². The number of fused-ring (bicyclic) bond motifs is 1. The maximum Gasteiger partial charge on any atom is 0.267 e. The fraction of sp³-hybridized carbons (Fsp3) is 0.231. The molecule has 5 heteroatoms. The number of pyridine rings is 1. The molecule has 1 aromatic heterocycles. The number of para-hydroxylation sites is 1. The molecule has 0 unspecified atom stereocenters. The van der Waals surface area contributed by atoms with Crippen LogP contribution in [0.4, 0.5) is 0 Å². The van der Waals surface area contributed by atoms with Gasteiger partial charge in [0.25, 0.3) is 5.91 Å². The number of amides is 1. The summed E-state index contributed by atoms with van der Waals surface area (Å²) in [4.78, 5) is 26.4. The number of aromatic amines is 1. The number of carbonyl (C=O) groups excluding carboxylic acids is 1. The lowest BCUT2D eigenvalue weighted by molar-refractivity contribution is 0.0919. The molecule has 1 heterocycles. The minimum Gasteiger partial charge on any atom is -0.392 e. The van der Waals surface area contributed by atoms with E-state index in [1.807, 2.05) is 0 Å². The Hall–Kier alpha value is -2.14. The van der Waals surface area contributed by atoms with Gasteiger partial charge >= 0.3 is 0 Å². The van der Waals surface area contributed by atoms with Gasteiger partial charge in [-0.25, -0.2) is 0 Å². The smallest absolute Gasteiger partial charge is 0.267 e. The highest BCUT2D eigenvalue weighted by atomic mass is 16.3. The van der Waals surface area contributed by atoms with Gasteiger partial charge in [-0.15, -0.1) is 0 Å². The first-order valence-electron chi connectivity index (χ1n) is 5.66. The summed E-state index contributed by atoms with van der Waals surface area (Å²) in [6.07, 6.45) is -0.624. The molecule has 3 N–H and O–H groups in total. The molecule has 18 heavy (non-hydrogen) atoms. The fourth-order valence-electron chi connectivity index (χ4n) is 1.65. The fourth-order valence-corrected chi connectivity index (χ4v) is 1.65. The van der Waals surface area contributed by atoms with Crippen LogP contribution < -0.4 is 10.7 Å². The van der Waals surface area contributed by atoms with E-state index in [1.54, 1.807) is 31.2 Å². The second-order valence-corrected chi connectivity index (χ2v) is 4.15. The van der Waals surface area contributed by atoms with Gasteiger partial charge in [-0.1, -0.05) is 12.1 Å². The van der Waals surface area contributed by atoms with Gasteiger partial charge in [0.15, 0.2) is 5.43 Å². The van der Waals surface area contributed by atoms with Crippen molar-refractivity contribution in [2.75, 3.05) is 6.54 Å². The third-order valence-corrected chi connectivity index (χ3v) is 2.54. The van der Waals surface area contributed by atoms with Crippen LogP contribution in [0, 0.1) is 0 Å². The third kappa shape index (κ3) is 2.57. The van der Waals surface area contributed by atoms with Crippen molar-refractivity contribution in [1.29, 1.82) is 0 Å². The van der Waals surface area contributed by atoms with Crippen LogP contribution in [0.25, 0.3) is 10.9 Å². The molecule has 0 aliphatic heterocycles. The molecule has 0 bridgehead atoms. The van der Waals surface area contributed by atoms with Crippen molar-refractivity contribution in [3.63, 3.8) is 0 Å². The number of carbonyl (C=O) groups is 1. The Bertz CT molecular complexity index is 631. The summed E-state index contributed by atoms with van der Waals surface area (Å²) in [6.45, 7) is 1.72. The molecule has 1 atom stereocenters. The molecule has 1 aromatic carbocycles. The van der Waals surface area contributed by atoms with Gasteiger partial charge in [0, 0.05) is 23.5 Å². The first-order valence-corrected chi connectivity index (χ1v) is 5.66. The molecule has 0 saturated heterocycles. The quantitative estimate of drug-likeness (QED) is 0.743. The molecule has 2 aromatic rings. The van der Waals surface area contributed by atoms with Crippen molar-refractivity contribution in [1.82, 2.24) is 10.3 Å². The number of aliphatic hydroxyl groups excluding tert-OH is 1. The Kier molecular flexibility index (Phi) is 3.43.